The highest BCUT2D eigenvalue weighted by Crippen LogP contribution is 2.60. The Balaban J connectivity index is 1.66. The van der Waals surface area contributed by atoms with Crippen LogP contribution in [0.4, 0.5) is 0 Å². The van der Waals surface area contributed by atoms with Gasteiger partial charge >= 0.3 is 0 Å². The molecule has 20 heavy (non-hydrogen) atoms. The van der Waals surface area contributed by atoms with Gasteiger partial charge < -0.3 is 5.73 Å². The van der Waals surface area contributed by atoms with Crippen molar-refractivity contribution >= 4 is 0 Å². The molecule has 2 heteroatoms. The van der Waals surface area contributed by atoms with E-state index >= 15 is 0 Å². The molecular formula is C18H22N2. The molecule has 0 spiro atoms. The Morgan fingerprint density at radius 2 is 1.50 bits per heavy atom. The van der Waals surface area contributed by atoms with Gasteiger partial charge in [-0.25, -0.2) is 0 Å². The van der Waals surface area contributed by atoms with E-state index in [1.807, 2.05) is 0 Å². The number of nitrogens with zero attached hydrogens (tertiary/aromatic N) is 1. The van der Waals surface area contributed by atoms with Crippen molar-refractivity contribution in [1.29, 1.82) is 5.26 Å². The molecule has 4 aliphatic rings. The van der Waals surface area contributed by atoms with E-state index in [9.17, 15) is 0 Å². The molecule has 0 aliphatic heterocycles. The van der Waals surface area contributed by atoms with Crippen LogP contribution in [0.1, 0.15) is 55.7 Å². The summed E-state index contributed by atoms with van der Waals surface area (Å²) < 4.78 is 0. The van der Waals surface area contributed by atoms with E-state index in [0.717, 1.165) is 23.3 Å². The first-order chi connectivity index (χ1) is 9.68. The predicted molar refractivity (Wildman–Crippen MR) is 78.8 cm³/mol. The second-order valence-corrected chi connectivity index (χ2v) is 7.43. The fraction of sp³-hybridized carbons (Fsp3) is 0.611. The van der Waals surface area contributed by atoms with Gasteiger partial charge in [0.2, 0.25) is 0 Å². The van der Waals surface area contributed by atoms with Crippen LogP contribution in [0.25, 0.3) is 0 Å². The minimum Gasteiger partial charge on any atom is -0.312 e. The van der Waals surface area contributed by atoms with Crippen molar-refractivity contribution in [3.63, 3.8) is 0 Å². The molecule has 2 N–H and O–H groups in total. The summed E-state index contributed by atoms with van der Waals surface area (Å²) in [4.78, 5) is 0. The van der Waals surface area contributed by atoms with E-state index < -0.39 is 6.04 Å². The molecule has 4 bridgehead atoms. The summed E-state index contributed by atoms with van der Waals surface area (Å²) in [5, 5.41) is 8.91. The van der Waals surface area contributed by atoms with Gasteiger partial charge in [0.1, 0.15) is 6.04 Å². The second-order valence-electron chi connectivity index (χ2n) is 7.43. The maximum absolute atomic E-state index is 8.91. The molecule has 1 aromatic rings. The van der Waals surface area contributed by atoms with Gasteiger partial charge in [-0.3, -0.25) is 0 Å². The zero-order valence-electron chi connectivity index (χ0n) is 11.9. The van der Waals surface area contributed by atoms with Gasteiger partial charge in [0.25, 0.3) is 0 Å². The first-order valence-electron chi connectivity index (χ1n) is 7.94. The quantitative estimate of drug-likeness (QED) is 0.887. The number of nitrogens with two attached hydrogens (primary N) is 1. The van der Waals surface area contributed by atoms with Crippen molar-refractivity contribution in [1.82, 2.24) is 0 Å². The molecule has 0 saturated heterocycles. The summed E-state index contributed by atoms with van der Waals surface area (Å²) in [6.45, 7) is 0. The molecule has 104 valence electrons. The summed E-state index contributed by atoms with van der Waals surface area (Å²) >= 11 is 0. The fourth-order valence-electron chi connectivity index (χ4n) is 5.58. The van der Waals surface area contributed by atoms with Crippen LogP contribution >= 0.6 is 0 Å². The van der Waals surface area contributed by atoms with Gasteiger partial charge in [-0.15, -0.1) is 0 Å². The van der Waals surface area contributed by atoms with Crippen molar-refractivity contribution in [3.05, 3.63) is 35.4 Å². The highest BCUT2D eigenvalue weighted by Gasteiger charge is 2.51. The SMILES string of the molecule is N#CC(N)c1ccc(C23CC4CC(CC(C4)C2)C3)cc1. The van der Waals surface area contributed by atoms with Crippen LogP contribution in [0.5, 0.6) is 0 Å². The van der Waals surface area contributed by atoms with Gasteiger partial charge in [0.15, 0.2) is 0 Å². The Bertz CT molecular complexity index is 516. The third-order valence-electron chi connectivity index (χ3n) is 6.06. The van der Waals surface area contributed by atoms with E-state index in [2.05, 4.69) is 30.3 Å². The van der Waals surface area contributed by atoms with Gasteiger partial charge in [-0.1, -0.05) is 24.3 Å². The molecule has 5 rings (SSSR count). The maximum Gasteiger partial charge on any atom is 0.118 e. The molecule has 0 heterocycles. The Labute approximate surface area is 121 Å². The summed E-state index contributed by atoms with van der Waals surface area (Å²) in [6, 6.07) is 10.3. The summed E-state index contributed by atoms with van der Waals surface area (Å²) in [5.74, 6) is 2.92. The monoisotopic (exact) mass is 266 g/mol. The Kier molecular flexibility index (Phi) is 2.69. The standard InChI is InChI=1S/C18H22N2/c19-11-17(20)15-1-3-16(4-2-15)18-8-12-5-13(9-18)7-14(6-12)10-18/h1-4,12-14,17H,5-10,20H2. The van der Waals surface area contributed by atoms with E-state index in [-0.39, 0.29) is 0 Å². The average Bonchev–Trinajstić information content (AvgIpc) is 2.45. The number of rotatable bonds is 2. The smallest absolute Gasteiger partial charge is 0.118 e. The first-order valence-corrected chi connectivity index (χ1v) is 7.94. The zero-order chi connectivity index (χ0) is 13.7. The molecule has 0 amide bonds. The third kappa shape index (κ3) is 1.80. The van der Waals surface area contributed by atoms with Crippen LogP contribution in [-0.2, 0) is 5.41 Å². The van der Waals surface area contributed by atoms with Crippen LogP contribution in [0.15, 0.2) is 24.3 Å². The lowest BCUT2D eigenvalue weighted by molar-refractivity contribution is -0.00519. The minimum atomic E-state index is -0.486. The number of benzene rings is 1. The topological polar surface area (TPSA) is 49.8 Å². The van der Waals surface area contributed by atoms with Gasteiger partial charge in [-0.2, -0.15) is 5.26 Å². The molecule has 0 radical (unpaired) electrons. The molecule has 2 nitrogen and oxygen atoms in total. The van der Waals surface area contributed by atoms with Crippen LogP contribution < -0.4 is 5.73 Å². The number of nitriles is 1. The molecule has 1 aromatic carbocycles. The van der Waals surface area contributed by atoms with Crippen molar-refractivity contribution in [2.24, 2.45) is 23.5 Å². The second kappa shape index (κ2) is 4.33. The van der Waals surface area contributed by atoms with Crippen LogP contribution in [-0.4, -0.2) is 0 Å². The Hall–Kier alpha value is -1.33. The molecule has 4 aliphatic carbocycles. The molecule has 4 saturated carbocycles. The predicted octanol–water partition coefficient (Wildman–Crippen LogP) is 3.68. The number of hydrogen-bond donors (Lipinski definition) is 1. The Morgan fingerprint density at radius 1 is 1.00 bits per heavy atom. The highest BCUT2D eigenvalue weighted by atomic mass is 14.6. The lowest BCUT2D eigenvalue weighted by Gasteiger charge is -2.57. The van der Waals surface area contributed by atoms with Crippen LogP contribution in [0.2, 0.25) is 0 Å². The van der Waals surface area contributed by atoms with Crippen molar-refractivity contribution in [3.8, 4) is 6.07 Å². The molecule has 4 fully saturated rings. The van der Waals surface area contributed by atoms with Gasteiger partial charge in [0, 0.05) is 0 Å². The van der Waals surface area contributed by atoms with Gasteiger partial charge in [-0.05, 0) is 72.8 Å². The lowest BCUT2D eigenvalue weighted by Crippen LogP contribution is -2.48. The van der Waals surface area contributed by atoms with E-state index in [0.29, 0.717) is 5.41 Å². The molecular weight excluding hydrogens is 244 g/mol. The zero-order valence-corrected chi connectivity index (χ0v) is 11.9. The van der Waals surface area contributed by atoms with E-state index in [1.165, 1.54) is 44.1 Å². The van der Waals surface area contributed by atoms with Crippen molar-refractivity contribution in [2.45, 2.75) is 50.0 Å². The minimum absolute atomic E-state index is 0.448. The summed E-state index contributed by atoms with van der Waals surface area (Å²) in [5.41, 5.74) is 8.69. The molecule has 1 unspecified atom stereocenters. The van der Waals surface area contributed by atoms with Crippen LogP contribution in [0.3, 0.4) is 0 Å². The van der Waals surface area contributed by atoms with Crippen molar-refractivity contribution < 1.29 is 0 Å². The summed E-state index contributed by atoms with van der Waals surface area (Å²) in [7, 11) is 0. The lowest BCUT2D eigenvalue weighted by atomic mass is 9.48. The van der Waals surface area contributed by atoms with E-state index in [4.69, 9.17) is 11.0 Å². The highest BCUT2D eigenvalue weighted by molar-refractivity contribution is 5.34. The number of hydrogen-bond acceptors (Lipinski definition) is 2. The normalized spacial score (nSPS) is 39.5. The third-order valence-corrected chi connectivity index (χ3v) is 6.06. The van der Waals surface area contributed by atoms with Crippen molar-refractivity contribution in [2.75, 3.05) is 0 Å². The largest absolute Gasteiger partial charge is 0.312 e. The fourth-order valence-corrected chi connectivity index (χ4v) is 5.58. The summed E-state index contributed by atoms with van der Waals surface area (Å²) in [6.07, 6.45) is 8.62. The average molecular weight is 266 g/mol. The Morgan fingerprint density at radius 3 is 1.95 bits per heavy atom. The first kappa shape index (κ1) is 12.4. The molecule has 1 atom stereocenters. The molecule has 0 aromatic heterocycles. The van der Waals surface area contributed by atoms with E-state index in [1.54, 1.807) is 0 Å². The van der Waals surface area contributed by atoms with Crippen LogP contribution in [0, 0.1) is 29.1 Å². The van der Waals surface area contributed by atoms with Gasteiger partial charge in [0.05, 0.1) is 6.07 Å². The maximum atomic E-state index is 8.91.